The van der Waals surface area contributed by atoms with E-state index in [1.54, 1.807) is 0 Å². The summed E-state index contributed by atoms with van der Waals surface area (Å²) in [5, 5.41) is 0. The van der Waals surface area contributed by atoms with E-state index in [-0.39, 0.29) is 5.41 Å². The van der Waals surface area contributed by atoms with Crippen LogP contribution in [0.5, 0.6) is 0 Å². The first-order valence-corrected chi connectivity index (χ1v) is 7.39. The van der Waals surface area contributed by atoms with Crippen LogP contribution in [-0.4, -0.2) is 0 Å². The van der Waals surface area contributed by atoms with Gasteiger partial charge in [-0.15, -0.1) is 0 Å². The van der Waals surface area contributed by atoms with Crippen molar-refractivity contribution in [3.63, 3.8) is 0 Å². The molecule has 1 aliphatic carbocycles. The Labute approximate surface area is 127 Å². The van der Waals surface area contributed by atoms with Gasteiger partial charge >= 0.3 is 0 Å². The van der Waals surface area contributed by atoms with Crippen LogP contribution in [0.2, 0.25) is 0 Å². The highest BCUT2D eigenvalue weighted by molar-refractivity contribution is 5.77. The van der Waals surface area contributed by atoms with Crippen LogP contribution in [0.4, 0.5) is 0 Å². The number of benzene rings is 2. The number of hydrogen-bond donors (Lipinski definition) is 0. The summed E-state index contributed by atoms with van der Waals surface area (Å²) in [5.74, 6) is 0. The zero-order valence-corrected chi connectivity index (χ0v) is 12.6. The lowest BCUT2D eigenvalue weighted by Gasteiger charge is -2.15. The van der Waals surface area contributed by atoms with Gasteiger partial charge in [0.05, 0.1) is 0 Å². The summed E-state index contributed by atoms with van der Waals surface area (Å²) >= 11 is 0. The zero-order chi connectivity index (χ0) is 14.7. The minimum absolute atomic E-state index is 0.0942. The molecule has 104 valence electrons. The maximum atomic E-state index is 2.32. The Bertz CT molecular complexity index is 695. The van der Waals surface area contributed by atoms with Gasteiger partial charge in [-0.25, -0.2) is 0 Å². The normalized spacial score (nSPS) is 16.4. The molecule has 0 aromatic heterocycles. The maximum absolute atomic E-state index is 2.32. The fourth-order valence-electron chi connectivity index (χ4n) is 2.63. The highest BCUT2D eigenvalue weighted by Crippen LogP contribution is 2.30. The van der Waals surface area contributed by atoms with E-state index in [4.69, 9.17) is 0 Å². The summed E-state index contributed by atoms with van der Waals surface area (Å²) < 4.78 is 0. The third kappa shape index (κ3) is 3.22. The summed E-state index contributed by atoms with van der Waals surface area (Å²) in [6.45, 7) is 4.46. The first-order chi connectivity index (χ1) is 10.1. The molecule has 0 heterocycles. The van der Waals surface area contributed by atoms with E-state index in [1.165, 1.54) is 22.3 Å². The molecule has 0 saturated carbocycles. The third-order valence-corrected chi connectivity index (χ3v) is 3.77. The molecule has 0 radical (unpaired) electrons. The predicted octanol–water partition coefficient (Wildman–Crippen LogP) is 5.89. The van der Waals surface area contributed by atoms with Gasteiger partial charge in [0.15, 0.2) is 0 Å². The lowest BCUT2D eigenvalue weighted by molar-refractivity contribution is 0.629. The van der Waals surface area contributed by atoms with E-state index in [2.05, 4.69) is 92.8 Å². The smallest absolute Gasteiger partial charge is 0.00167 e. The summed E-state index contributed by atoms with van der Waals surface area (Å²) in [5.41, 5.74) is 5.16. The standard InChI is InChI=1S/C21H20/c1-21(2)15-7-6-10-20(16-21)19-13-11-18(12-14-19)17-8-4-3-5-9-17/h3-16H,1-2H3. The molecule has 1 aliphatic rings. The van der Waals surface area contributed by atoms with Crippen LogP contribution < -0.4 is 0 Å². The van der Waals surface area contributed by atoms with Crippen molar-refractivity contribution in [3.8, 4) is 11.1 Å². The minimum atomic E-state index is 0.0942. The highest BCUT2D eigenvalue weighted by Gasteiger charge is 2.13. The van der Waals surface area contributed by atoms with Crippen LogP contribution in [0.15, 0.2) is 85.0 Å². The Morgan fingerprint density at radius 1 is 0.667 bits per heavy atom. The maximum Gasteiger partial charge on any atom is 0.00167 e. The fourth-order valence-corrected chi connectivity index (χ4v) is 2.63. The van der Waals surface area contributed by atoms with Crippen LogP contribution in [0.3, 0.4) is 0 Å². The molecule has 0 atom stereocenters. The van der Waals surface area contributed by atoms with Crippen molar-refractivity contribution in [3.05, 3.63) is 90.5 Å². The Balaban J connectivity index is 1.93. The Kier molecular flexibility index (Phi) is 3.62. The van der Waals surface area contributed by atoms with Gasteiger partial charge in [-0.05, 0) is 22.3 Å². The molecule has 3 rings (SSSR count). The number of allylic oxidation sites excluding steroid dienone is 6. The van der Waals surface area contributed by atoms with Gasteiger partial charge < -0.3 is 0 Å². The zero-order valence-electron chi connectivity index (χ0n) is 12.6. The molecule has 0 fully saturated rings. The van der Waals surface area contributed by atoms with Crippen molar-refractivity contribution in [1.82, 2.24) is 0 Å². The third-order valence-electron chi connectivity index (χ3n) is 3.77. The Morgan fingerprint density at radius 2 is 1.29 bits per heavy atom. The molecule has 2 aromatic carbocycles. The van der Waals surface area contributed by atoms with E-state index in [0.29, 0.717) is 0 Å². The predicted molar refractivity (Wildman–Crippen MR) is 91.9 cm³/mol. The number of hydrogen-bond acceptors (Lipinski definition) is 0. The highest BCUT2D eigenvalue weighted by atomic mass is 14.2. The van der Waals surface area contributed by atoms with Gasteiger partial charge in [0.2, 0.25) is 0 Å². The Morgan fingerprint density at radius 3 is 2.00 bits per heavy atom. The van der Waals surface area contributed by atoms with E-state index in [1.807, 2.05) is 6.07 Å². The van der Waals surface area contributed by atoms with E-state index in [9.17, 15) is 0 Å². The van der Waals surface area contributed by atoms with Crippen molar-refractivity contribution in [2.75, 3.05) is 0 Å². The molecule has 0 nitrogen and oxygen atoms in total. The van der Waals surface area contributed by atoms with Crippen LogP contribution in [0, 0.1) is 5.41 Å². The molecule has 0 unspecified atom stereocenters. The van der Waals surface area contributed by atoms with Crippen LogP contribution >= 0.6 is 0 Å². The van der Waals surface area contributed by atoms with Crippen molar-refractivity contribution >= 4 is 5.57 Å². The lowest BCUT2D eigenvalue weighted by Crippen LogP contribution is -2.02. The van der Waals surface area contributed by atoms with Crippen LogP contribution in [0.1, 0.15) is 19.4 Å². The summed E-state index contributed by atoms with van der Waals surface area (Å²) in [6, 6.07) is 19.3. The van der Waals surface area contributed by atoms with E-state index in [0.717, 1.165) is 0 Å². The molecular formula is C21H20. The fraction of sp³-hybridized carbons (Fsp3) is 0.143. The summed E-state index contributed by atoms with van der Waals surface area (Å²) in [7, 11) is 0. The molecule has 0 bridgehead atoms. The summed E-state index contributed by atoms with van der Waals surface area (Å²) in [4.78, 5) is 0. The molecule has 2 aromatic rings. The average Bonchev–Trinajstić information content (AvgIpc) is 2.69. The molecule has 0 N–H and O–H groups in total. The molecule has 21 heavy (non-hydrogen) atoms. The second-order valence-electron chi connectivity index (χ2n) is 6.08. The molecule has 0 heteroatoms. The largest absolute Gasteiger partial charge is 0.0751 e. The first-order valence-electron chi connectivity index (χ1n) is 7.39. The molecule has 0 aliphatic heterocycles. The van der Waals surface area contributed by atoms with Gasteiger partial charge in [-0.1, -0.05) is 98.8 Å². The Hall–Kier alpha value is -2.34. The minimum Gasteiger partial charge on any atom is -0.0751 e. The van der Waals surface area contributed by atoms with Gasteiger partial charge in [0.1, 0.15) is 0 Å². The summed E-state index contributed by atoms with van der Waals surface area (Å²) in [6.07, 6.45) is 11.0. The number of rotatable bonds is 2. The van der Waals surface area contributed by atoms with Gasteiger partial charge in [0.25, 0.3) is 0 Å². The van der Waals surface area contributed by atoms with Crippen LogP contribution in [-0.2, 0) is 0 Å². The molecule has 0 amide bonds. The van der Waals surface area contributed by atoms with Crippen molar-refractivity contribution in [1.29, 1.82) is 0 Å². The van der Waals surface area contributed by atoms with E-state index >= 15 is 0 Å². The van der Waals surface area contributed by atoms with E-state index < -0.39 is 0 Å². The van der Waals surface area contributed by atoms with Gasteiger partial charge in [-0.2, -0.15) is 0 Å². The van der Waals surface area contributed by atoms with Gasteiger partial charge in [0, 0.05) is 5.41 Å². The second kappa shape index (κ2) is 5.57. The SMILES string of the molecule is CC1(C)C=CC=CC(c2ccc(-c3ccccc3)cc2)=C1. The molecular weight excluding hydrogens is 252 g/mol. The second-order valence-corrected chi connectivity index (χ2v) is 6.08. The topological polar surface area (TPSA) is 0 Å². The molecule has 0 saturated heterocycles. The van der Waals surface area contributed by atoms with Crippen molar-refractivity contribution in [2.45, 2.75) is 13.8 Å². The monoisotopic (exact) mass is 272 g/mol. The van der Waals surface area contributed by atoms with Crippen molar-refractivity contribution in [2.24, 2.45) is 5.41 Å². The molecule has 0 spiro atoms. The van der Waals surface area contributed by atoms with Crippen LogP contribution in [0.25, 0.3) is 16.7 Å². The van der Waals surface area contributed by atoms with Gasteiger partial charge in [-0.3, -0.25) is 0 Å². The first kappa shape index (κ1) is 13.6. The average molecular weight is 272 g/mol. The quantitative estimate of drug-likeness (QED) is 0.639. The van der Waals surface area contributed by atoms with Crippen molar-refractivity contribution < 1.29 is 0 Å². The lowest BCUT2D eigenvalue weighted by atomic mass is 9.89.